The second-order valence-electron chi connectivity index (χ2n) is 5.32. The highest BCUT2D eigenvalue weighted by Crippen LogP contribution is 2.14. The van der Waals surface area contributed by atoms with Gasteiger partial charge in [-0.1, -0.05) is 27.2 Å². The quantitative estimate of drug-likeness (QED) is 0.832. The van der Waals surface area contributed by atoms with Gasteiger partial charge in [0.05, 0.1) is 0 Å². The zero-order valence-electron chi connectivity index (χ0n) is 13.4. The molecule has 0 saturated heterocycles. The zero-order chi connectivity index (χ0) is 15.1. The number of anilines is 1. The maximum Gasteiger partial charge on any atom is 0.253 e. The Morgan fingerprint density at radius 3 is 2.60 bits per heavy atom. The van der Waals surface area contributed by atoms with E-state index in [0.29, 0.717) is 5.92 Å². The minimum Gasteiger partial charge on any atom is -0.370 e. The molecule has 112 valence electrons. The summed E-state index contributed by atoms with van der Waals surface area (Å²) < 4.78 is 0. The van der Waals surface area contributed by atoms with E-state index in [1.807, 2.05) is 26.1 Å². The molecule has 0 aliphatic rings. The molecule has 0 saturated carbocycles. The van der Waals surface area contributed by atoms with Crippen LogP contribution >= 0.6 is 0 Å². The Morgan fingerprint density at radius 1 is 1.35 bits per heavy atom. The first kappa shape index (κ1) is 16.5. The van der Waals surface area contributed by atoms with E-state index in [4.69, 9.17) is 0 Å². The van der Waals surface area contributed by atoms with Crippen molar-refractivity contribution in [1.82, 2.24) is 9.88 Å². The monoisotopic (exact) mass is 277 g/mol. The molecule has 1 aromatic heterocycles. The molecule has 0 aromatic carbocycles. The molecule has 1 unspecified atom stereocenters. The molecule has 1 aromatic rings. The van der Waals surface area contributed by atoms with E-state index in [1.165, 1.54) is 0 Å². The fraction of sp³-hybridized carbons (Fsp3) is 0.625. The van der Waals surface area contributed by atoms with Crippen LogP contribution in [0.3, 0.4) is 0 Å². The maximum atomic E-state index is 12.5. The van der Waals surface area contributed by atoms with Crippen molar-refractivity contribution >= 4 is 11.7 Å². The van der Waals surface area contributed by atoms with E-state index >= 15 is 0 Å². The highest BCUT2D eigenvalue weighted by atomic mass is 16.2. The summed E-state index contributed by atoms with van der Waals surface area (Å²) in [4.78, 5) is 18.8. The standard InChI is InChI=1S/C16H27N3O/c1-6-12(4)11-19(5)16(20)13-9-14(7-2)18-15(10-13)17-8-3/h9-10,12H,6-8,11H2,1-5H3,(H,17,18). The molecule has 1 heterocycles. The van der Waals surface area contributed by atoms with Gasteiger partial charge in [0.2, 0.25) is 0 Å². The second kappa shape index (κ2) is 7.88. The number of rotatable bonds is 7. The predicted molar refractivity (Wildman–Crippen MR) is 84.2 cm³/mol. The third kappa shape index (κ3) is 4.51. The van der Waals surface area contributed by atoms with Crippen molar-refractivity contribution in [3.05, 3.63) is 23.4 Å². The second-order valence-corrected chi connectivity index (χ2v) is 5.32. The average molecular weight is 277 g/mol. The molecule has 4 heteroatoms. The van der Waals surface area contributed by atoms with Crippen LogP contribution in [0.25, 0.3) is 0 Å². The molecule has 0 radical (unpaired) electrons. The number of aryl methyl sites for hydroxylation is 1. The average Bonchev–Trinajstić information content (AvgIpc) is 2.46. The molecular weight excluding hydrogens is 250 g/mol. The van der Waals surface area contributed by atoms with Gasteiger partial charge in [-0.3, -0.25) is 4.79 Å². The number of nitrogens with one attached hydrogen (secondary N) is 1. The van der Waals surface area contributed by atoms with Crippen LogP contribution in [0, 0.1) is 5.92 Å². The molecule has 0 bridgehead atoms. The minimum absolute atomic E-state index is 0.0709. The summed E-state index contributed by atoms with van der Waals surface area (Å²) in [6.07, 6.45) is 1.91. The number of aromatic nitrogens is 1. The SMILES string of the molecule is CCNc1cc(C(=O)N(C)CC(C)CC)cc(CC)n1. The summed E-state index contributed by atoms with van der Waals surface area (Å²) in [6, 6.07) is 3.74. The van der Waals surface area contributed by atoms with Crippen molar-refractivity contribution in [2.75, 3.05) is 25.5 Å². The Kier molecular flexibility index (Phi) is 6.49. The number of hydrogen-bond acceptors (Lipinski definition) is 3. The summed E-state index contributed by atoms with van der Waals surface area (Å²) in [7, 11) is 1.87. The Hall–Kier alpha value is -1.58. The van der Waals surface area contributed by atoms with Gasteiger partial charge in [0.25, 0.3) is 5.91 Å². The van der Waals surface area contributed by atoms with Gasteiger partial charge in [-0.25, -0.2) is 4.98 Å². The van der Waals surface area contributed by atoms with Crippen LogP contribution in [-0.2, 0) is 6.42 Å². The maximum absolute atomic E-state index is 12.5. The van der Waals surface area contributed by atoms with Crippen molar-refractivity contribution in [3.8, 4) is 0 Å². The summed E-state index contributed by atoms with van der Waals surface area (Å²) in [5, 5.41) is 3.19. The first-order valence-electron chi connectivity index (χ1n) is 7.52. The molecule has 0 aliphatic carbocycles. The smallest absolute Gasteiger partial charge is 0.253 e. The van der Waals surface area contributed by atoms with Crippen molar-refractivity contribution in [3.63, 3.8) is 0 Å². The lowest BCUT2D eigenvalue weighted by molar-refractivity contribution is 0.0774. The molecule has 4 nitrogen and oxygen atoms in total. The lowest BCUT2D eigenvalue weighted by Gasteiger charge is -2.21. The summed E-state index contributed by atoms with van der Waals surface area (Å²) in [5.41, 5.74) is 1.67. The van der Waals surface area contributed by atoms with E-state index in [0.717, 1.165) is 43.0 Å². The van der Waals surface area contributed by atoms with Crippen molar-refractivity contribution in [2.24, 2.45) is 5.92 Å². The Bertz CT molecular complexity index is 445. The lowest BCUT2D eigenvalue weighted by Crippen LogP contribution is -2.31. The largest absolute Gasteiger partial charge is 0.370 e. The van der Waals surface area contributed by atoms with Crippen LogP contribution in [0.4, 0.5) is 5.82 Å². The van der Waals surface area contributed by atoms with E-state index in [-0.39, 0.29) is 5.91 Å². The van der Waals surface area contributed by atoms with Crippen molar-refractivity contribution in [1.29, 1.82) is 0 Å². The molecule has 1 N–H and O–H groups in total. The molecule has 0 aliphatic heterocycles. The first-order chi connectivity index (χ1) is 9.51. The van der Waals surface area contributed by atoms with Crippen LogP contribution in [0.5, 0.6) is 0 Å². The molecule has 0 fully saturated rings. The minimum atomic E-state index is 0.0709. The number of carbonyl (C=O) groups excluding carboxylic acids is 1. The molecular formula is C16H27N3O. The van der Waals surface area contributed by atoms with E-state index in [9.17, 15) is 4.79 Å². The number of carbonyl (C=O) groups is 1. The number of pyridine rings is 1. The van der Waals surface area contributed by atoms with Crippen molar-refractivity contribution in [2.45, 2.75) is 40.5 Å². The fourth-order valence-electron chi connectivity index (χ4n) is 2.06. The van der Waals surface area contributed by atoms with Gasteiger partial charge in [0.15, 0.2) is 0 Å². The zero-order valence-corrected chi connectivity index (χ0v) is 13.4. The Labute approximate surface area is 122 Å². The number of nitrogens with zero attached hydrogens (tertiary/aromatic N) is 2. The summed E-state index contributed by atoms with van der Waals surface area (Å²) >= 11 is 0. The fourth-order valence-corrected chi connectivity index (χ4v) is 2.06. The van der Waals surface area contributed by atoms with Gasteiger partial charge < -0.3 is 10.2 Å². The topological polar surface area (TPSA) is 45.2 Å². The normalized spacial score (nSPS) is 12.1. The van der Waals surface area contributed by atoms with Gasteiger partial charge in [-0.15, -0.1) is 0 Å². The van der Waals surface area contributed by atoms with Gasteiger partial charge in [-0.05, 0) is 31.4 Å². The third-order valence-corrected chi connectivity index (χ3v) is 3.47. The van der Waals surface area contributed by atoms with Crippen LogP contribution in [0.2, 0.25) is 0 Å². The van der Waals surface area contributed by atoms with Gasteiger partial charge in [0.1, 0.15) is 5.82 Å². The van der Waals surface area contributed by atoms with Gasteiger partial charge >= 0.3 is 0 Å². The van der Waals surface area contributed by atoms with Gasteiger partial charge in [-0.2, -0.15) is 0 Å². The highest BCUT2D eigenvalue weighted by molar-refractivity contribution is 5.94. The first-order valence-corrected chi connectivity index (χ1v) is 7.52. The predicted octanol–water partition coefficient (Wildman–Crippen LogP) is 3.19. The van der Waals surface area contributed by atoms with Crippen molar-refractivity contribution < 1.29 is 4.79 Å². The Morgan fingerprint density at radius 2 is 2.05 bits per heavy atom. The van der Waals surface area contributed by atoms with Crippen LogP contribution in [0.1, 0.15) is 50.2 Å². The highest BCUT2D eigenvalue weighted by Gasteiger charge is 2.15. The number of hydrogen-bond donors (Lipinski definition) is 1. The van der Waals surface area contributed by atoms with E-state index in [2.05, 4.69) is 31.1 Å². The summed E-state index contributed by atoms with van der Waals surface area (Å²) in [5.74, 6) is 1.37. The summed E-state index contributed by atoms with van der Waals surface area (Å²) in [6.45, 7) is 9.98. The molecule has 1 amide bonds. The number of amides is 1. The van der Waals surface area contributed by atoms with E-state index in [1.54, 1.807) is 4.90 Å². The van der Waals surface area contributed by atoms with Crippen LogP contribution in [0.15, 0.2) is 12.1 Å². The van der Waals surface area contributed by atoms with Gasteiger partial charge in [0, 0.05) is 31.4 Å². The van der Waals surface area contributed by atoms with E-state index < -0.39 is 0 Å². The van der Waals surface area contributed by atoms with Crippen LogP contribution < -0.4 is 5.32 Å². The molecule has 20 heavy (non-hydrogen) atoms. The molecule has 0 spiro atoms. The Balaban J connectivity index is 2.93. The van der Waals surface area contributed by atoms with Crippen LogP contribution in [-0.4, -0.2) is 35.9 Å². The molecule has 1 atom stereocenters. The third-order valence-electron chi connectivity index (χ3n) is 3.47. The molecule has 1 rings (SSSR count). The lowest BCUT2D eigenvalue weighted by atomic mass is 10.1.